The molecular formula is C11H9ClFN3O. The van der Waals surface area contributed by atoms with E-state index in [0.29, 0.717) is 18.0 Å². The summed E-state index contributed by atoms with van der Waals surface area (Å²) in [6, 6.07) is 7.16. The molecule has 0 aliphatic rings. The molecule has 0 spiro atoms. The third-order valence-corrected chi connectivity index (χ3v) is 2.31. The zero-order valence-corrected chi connectivity index (χ0v) is 9.49. The maximum atomic E-state index is 12.8. The molecule has 0 unspecified atom stereocenters. The second kappa shape index (κ2) is 5.07. The van der Waals surface area contributed by atoms with Gasteiger partial charge in [0.25, 0.3) is 0 Å². The molecule has 0 saturated carbocycles. The Morgan fingerprint density at radius 1 is 1.24 bits per heavy atom. The number of benzene rings is 1. The first-order valence-electron chi connectivity index (χ1n) is 4.84. The summed E-state index contributed by atoms with van der Waals surface area (Å²) >= 11 is 5.80. The van der Waals surface area contributed by atoms with Crippen LogP contribution < -0.4 is 10.5 Å². The van der Waals surface area contributed by atoms with Gasteiger partial charge in [0.05, 0.1) is 10.7 Å². The third kappa shape index (κ3) is 2.89. The average molecular weight is 254 g/mol. The van der Waals surface area contributed by atoms with Crippen LogP contribution in [0, 0.1) is 5.82 Å². The maximum Gasteiger partial charge on any atom is 0.238 e. The number of ether oxygens (including phenoxy) is 1. The minimum atomic E-state index is -0.424. The summed E-state index contributed by atoms with van der Waals surface area (Å²) in [7, 11) is 0. The van der Waals surface area contributed by atoms with Crippen LogP contribution in [0.15, 0.2) is 30.3 Å². The normalized spacial score (nSPS) is 10.3. The molecule has 1 aromatic carbocycles. The van der Waals surface area contributed by atoms with Gasteiger partial charge >= 0.3 is 0 Å². The minimum Gasteiger partial charge on any atom is -0.436 e. The highest BCUT2D eigenvalue weighted by Crippen LogP contribution is 2.28. The van der Waals surface area contributed by atoms with Crippen LogP contribution in [0.2, 0.25) is 5.02 Å². The summed E-state index contributed by atoms with van der Waals surface area (Å²) in [4.78, 5) is 0. The van der Waals surface area contributed by atoms with E-state index in [-0.39, 0.29) is 10.9 Å². The van der Waals surface area contributed by atoms with E-state index in [1.807, 2.05) is 0 Å². The SMILES string of the molecule is NCc1ccc(Oc2ccc(F)cc2Cl)nn1. The molecule has 0 aliphatic carbocycles. The molecule has 0 aliphatic heterocycles. The smallest absolute Gasteiger partial charge is 0.238 e. The Labute approximate surface area is 102 Å². The van der Waals surface area contributed by atoms with Crippen LogP contribution >= 0.6 is 11.6 Å². The second-order valence-corrected chi connectivity index (χ2v) is 3.65. The lowest BCUT2D eigenvalue weighted by molar-refractivity contribution is 0.452. The topological polar surface area (TPSA) is 61.0 Å². The van der Waals surface area contributed by atoms with Crippen LogP contribution in [-0.4, -0.2) is 10.2 Å². The van der Waals surface area contributed by atoms with Gasteiger partial charge in [-0.3, -0.25) is 0 Å². The van der Waals surface area contributed by atoms with Gasteiger partial charge in [-0.05, 0) is 24.3 Å². The van der Waals surface area contributed by atoms with Gasteiger partial charge in [0, 0.05) is 12.6 Å². The number of nitrogens with two attached hydrogens (primary N) is 1. The Morgan fingerprint density at radius 2 is 2.06 bits per heavy atom. The molecule has 0 saturated heterocycles. The van der Waals surface area contributed by atoms with E-state index < -0.39 is 5.82 Å². The highest BCUT2D eigenvalue weighted by molar-refractivity contribution is 6.32. The summed E-state index contributed by atoms with van der Waals surface area (Å²) in [5.74, 6) is 0.172. The monoisotopic (exact) mass is 253 g/mol. The summed E-state index contributed by atoms with van der Waals surface area (Å²) < 4.78 is 18.2. The van der Waals surface area contributed by atoms with Crippen molar-refractivity contribution in [1.29, 1.82) is 0 Å². The highest BCUT2D eigenvalue weighted by atomic mass is 35.5. The lowest BCUT2D eigenvalue weighted by Gasteiger charge is -2.06. The Bertz CT molecular complexity index is 519. The summed E-state index contributed by atoms with van der Waals surface area (Å²) in [5.41, 5.74) is 6.04. The van der Waals surface area contributed by atoms with Crippen molar-refractivity contribution in [3.8, 4) is 11.6 Å². The number of nitrogens with zero attached hydrogens (tertiary/aromatic N) is 2. The van der Waals surface area contributed by atoms with Gasteiger partial charge in [-0.1, -0.05) is 11.6 Å². The number of hydrogen-bond acceptors (Lipinski definition) is 4. The number of hydrogen-bond donors (Lipinski definition) is 1. The van der Waals surface area contributed by atoms with Gasteiger partial charge in [0.15, 0.2) is 0 Å². The summed E-state index contributed by atoms with van der Waals surface area (Å²) in [6.45, 7) is 0.310. The van der Waals surface area contributed by atoms with Crippen LogP contribution in [0.4, 0.5) is 4.39 Å². The second-order valence-electron chi connectivity index (χ2n) is 3.24. The molecule has 1 aromatic heterocycles. The Hall–Kier alpha value is -1.72. The number of rotatable bonds is 3. The Balaban J connectivity index is 2.19. The van der Waals surface area contributed by atoms with Gasteiger partial charge < -0.3 is 10.5 Å². The fourth-order valence-corrected chi connectivity index (χ4v) is 1.39. The molecule has 0 bridgehead atoms. The van der Waals surface area contributed by atoms with Crippen molar-refractivity contribution in [2.45, 2.75) is 6.54 Å². The number of aromatic nitrogens is 2. The maximum absolute atomic E-state index is 12.8. The van der Waals surface area contributed by atoms with Crippen molar-refractivity contribution in [3.05, 3.63) is 46.9 Å². The molecule has 2 aromatic rings. The van der Waals surface area contributed by atoms with E-state index in [2.05, 4.69) is 10.2 Å². The van der Waals surface area contributed by atoms with Crippen LogP contribution in [0.25, 0.3) is 0 Å². The van der Waals surface area contributed by atoms with E-state index in [0.717, 1.165) is 0 Å². The van der Waals surface area contributed by atoms with Crippen molar-refractivity contribution >= 4 is 11.6 Å². The van der Waals surface area contributed by atoms with Gasteiger partial charge in [0.2, 0.25) is 5.88 Å². The van der Waals surface area contributed by atoms with Crippen LogP contribution in [0.5, 0.6) is 11.6 Å². The average Bonchev–Trinajstić information content (AvgIpc) is 2.34. The van der Waals surface area contributed by atoms with Crippen molar-refractivity contribution in [2.75, 3.05) is 0 Å². The standard InChI is InChI=1S/C11H9ClFN3O/c12-9-5-7(13)1-3-10(9)17-11-4-2-8(6-14)15-16-11/h1-5H,6,14H2. The van der Waals surface area contributed by atoms with Crippen molar-refractivity contribution in [3.63, 3.8) is 0 Å². The van der Waals surface area contributed by atoms with Crippen LogP contribution in [-0.2, 0) is 6.54 Å². The van der Waals surface area contributed by atoms with Crippen LogP contribution in [0.1, 0.15) is 5.69 Å². The minimum absolute atomic E-state index is 0.176. The van der Waals surface area contributed by atoms with E-state index >= 15 is 0 Å². The van der Waals surface area contributed by atoms with Crippen LogP contribution in [0.3, 0.4) is 0 Å². The first-order chi connectivity index (χ1) is 8.19. The molecular weight excluding hydrogens is 245 g/mol. The highest BCUT2D eigenvalue weighted by Gasteiger charge is 2.05. The van der Waals surface area contributed by atoms with Gasteiger partial charge in [-0.15, -0.1) is 5.10 Å². The van der Waals surface area contributed by atoms with E-state index in [1.165, 1.54) is 18.2 Å². The zero-order chi connectivity index (χ0) is 12.3. The van der Waals surface area contributed by atoms with Crippen molar-refractivity contribution < 1.29 is 9.13 Å². The lowest BCUT2D eigenvalue weighted by atomic mass is 10.3. The lowest BCUT2D eigenvalue weighted by Crippen LogP contribution is -2.01. The largest absolute Gasteiger partial charge is 0.436 e. The molecule has 2 N–H and O–H groups in total. The molecule has 0 atom stereocenters. The first-order valence-corrected chi connectivity index (χ1v) is 5.22. The molecule has 88 valence electrons. The van der Waals surface area contributed by atoms with Gasteiger partial charge in [-0.2, -0.15) is 5.10 Å². The van der Waals surface area contributed by atoms with Crippen molar-refractivity contribution in [1.82, 2.24) is 10.2 Å². The Kier molecular flexibility index (Phi) is 3.51. The summed E-state index contributed by atoms with van der Waals surface area (Å²) in [6.07, 6.45) is 0. The van der Waals surface area contributed by atoms with Gasteiger partial charge in [0.1, 0.15) is 11.6 Å². The fourth-order valence-electron chi connectivity index (χ4n) is 1.18. The number of halogens is 2. The predicted octanol–water partition coefficient (Wildman–Crippen LogP) is 2.52. The predicted molar refractivity (Wildman–Crippen MR) is 61.4 cm³/mol. The molecule has 0 amide bonds. The molecule has 6 heteroatoms. The molecule has 4 nitrogen and oxygen atoms in total. The summed E-state index contributed by atoms with van der Waals surface area (Å²) in [5, 5.41) is 7.80. The third-order valence-electron chi connectivity index (χ3n) is 2.01. The fraction of sp³-hybridized carbons (Fsp3) is 0.0909. The van der Waals surface area contributed by atoms with E-state index in [4.69, 9.17) is 22.1 Å². The molecule has 17 heavy (non-hydrogen) atoms. The molecule has 2 rings (SSSR count). The quantitative estimate of drug-likeness (QED) is 0.913. The molecule has 0 radical (unpaired) electrons. The van der Waals surface area contributed by atoms with Gasteiger partial charge in [-0.25, -0.2) is 4.39 Å². The molecule has 0 fully saturated rings. The first kappa shape index (κ1) is 11.8. The van der Waals surface area contributed by atoms with E-state index in [9.17, 15) is 4.39 Å². The van der Waals surface area contributed by atoms with E-state index in [1.54, 1.807) is 12.1 Å². The van der Waals surface area contributed by atoms with Crippen molar-refractivity contribution in [2.24, 2.45) is 5.73 Å². The Morgan fingerprint density at radius 3 is 2.65 bits per heavy atom. The zero-order valence-electron chi connectivity index (χ0n) is 8.73. The molecule has 1 heterocycles.